The van der Waals surface area contributed by atoms with E-state index >= 15 is 0 Å². The first-order chi connectivity index (χ1) is 13.3. The molecular weight excluding hydrogens is 356 g/mol. The number of esters is 1. The Morgan fingerprint density at radius 1 is 1.32 bits per heavy atom. The number of nitrogens with one attached hydrogen (secondary N) is 1. The highest BCUT2D eigenvalue weighted by Crippen LogP contribution is 2.65. The lowest BCUT2D eigenvalue weighted by Gasteiger charge is -2.39. The van der Waals surface area contributed by atoms with E-state index in [4.69, 9.17) is 4.74 Å². The van der Waals surface area contributed by atoms with Crippen LogP contribution >= 0.6 is 0 Å². The summed E-state index contributed by atoms with van der Waals surface area (Å²) >= 11 is 0. The highest BCUT2D eigenvalue weighted by Gasteiger charge is 2.61. The minimum Gasteiger partial charge on any atom is -0.452 e. The summed E-state index contributed by atoms with van der Waals surface area (Å²) in [5.74, 6) is 0.439. The molecule has 2 aromatic rings. The van der Waals surface area contributed by atoms with Gasteiger partial charge < -0.3 is 10.1 Å². The van der Waals surface area contributed by atoms with Gasteiger partial charge in [0.15, 0.2) is 12.4 Å². The number of rotatable bonds is 5. The molecule has 148 valence electrons. The summed E-state index contributed by atoms with van der Waals surface area (Å²) in [6.45, 7) is 6.59. The molecule has 28 heavy (non-hydrogen) atoms. The SMILES string of the molecule is CC1(C)[C@H]2CC[C@@]1(C)[C@H](NC(=O)COC(=O)c1ccc(-n3cccn3)nc1)C2. The molecule has 1 amide bonds. The Labute approximate surface area is 164 Å². The number of hydrogen-bond acceptors (Lipinski definition) is 5. The summed E-state index contributed by atoms with van der Waals surface area (Å²) in [5, 5.41) is 7.18. The second kappa shape index (κ2) is 6.72. The van der Waals surface area contributed by atoms with Crippen LogP contribution in [0.1, 0.15) is 50.4 Å². The van der Waals surface area contributed by atoms with E-state index in [1.165, 1.54) is 12.6 Å². The largest absolute Gasteiger partial charge is 0.452 e. The molecule has 2 aliphatic rings. The summed E-state index contributed by atoms with van der Waals surface area (Å²) in [6.07, 6.45) is 8.21. The molecule has 0 radical (unpaired) electrons. The number of pyridine rings is 1. The van der Waals surface area contributed by atoms with Gasteiger partial charge in [-0.05, 0) is 54.2 Å². The molecule has 3 atom stereocenters. The Kier molecular flexibility index (Phi) is 4.48. The Morgan fingerprint density at radius 3 is 2.71 bits per heavy atom. The summed E-state index contributed by atoms with van der Waals surface area (Å²) in [4.78, 5) is 28.8. The number of fused-ring (bicyclic) bond motifs is 2. The molecule has 1 N–H and O–H groups in total. The molecule has 0 unspecified atom stereocenters. The molecule has 2 aliphatic carbocycles. The number of hydrogen-bond donors (Lipinski definition) is 1. The topological polar surface area (TPSA) is 86.1 Å². The average molecular weight is 382 g/mol. The van der Waals surface area contributed by atoms with Gasteiger partial charge in [-0.1, -0.05) is 20.8 Å². The van der Waals surface area contributed by atoms with E-state index < -0.39 is 5.97 Å². The molecule has 0 aromatic carbocycles. The van der Waals surface area contributed by atoms with Crippen molar-refractivity contribution in [3.63, 3.8) is 0 Å². The molecule has 2 aromatic heterocycles. The molecular formula is C21H26N4O3. The van der Waals surface area contributed by atoms with Gasteiger partial charge in [0.2, 0.25) is 0 Å². The van der Waals surface area contributed by atoms with E-state index in [1.54, 1.807) is 35.3 Å². The zero-order valence-corrected chi connectivity index (χ0v) is 16.5. The maximum atomic E-state index is 12.4. The quantitative estimate of drug-likeness (QED) is 0.804. The van der Waals surface area contributed by atoms with Crippen molar-refractivity contribution in [2.75, 3.05) is 6.61 Å². The average Bonchev–Trinajstić information content (AvgIpc) is 3.33. The summed E-state index contributed by atoms with van der Waals surface area (Å²) in [6, 6.07) is 5.23. The first kappa shape index (κ1) is 18.7. The molecule has 4 rings (SSSR count). The zero-order valence-electron chi connectivity index (χ0n) is 16.5. The highest BCUT2D eigenvalue weighted by atomic mass is 16.5. The molecule has 7 heteroatoms. The molecule has 2 heterocycles. The van der Waals surface area contributed by atoms with Crippen molar-refractivity contribution in [2.24, 2.45) is 16.7 Å². The number of carbonyl (C=O) groups is 2. The number of amides is 1. The Hall–Kier alpha value is -2.70. The van der Waals surface area contributed by atoms with Crippen molar-refractivity contribution in [1.82, 2.24) is 20.1 Å². The van der Waals surface area contributed by atoms with Gasteiger partial charge in [-0.2, -0.15) is 5.10 Å². The van der Waals surface area contributed by atoms with Crippen LogP contribution in [0.5, 0.6) is 0 Å². The van der Waals surface area contributed by atoms with E-state index in [0.717, 1.165) is 12.8 Å². The van der Waals surface area contributed by atoms with Crippen molar-refractivity contribution in [2.45, 2.75) is 46.1 Å². The third kappa shape index (κ3) is 2.99. The lowest BCUT2D eigenvalue weighted by Crippen LogP contribution is -2.48. The first-order valence-corrected chi connectivity index (χ1v) is 9.74. The standard InChI is InChI=1S/C21H26N4O3/c1-20(2)15-7-8-21(20,3)16(11-15)24-18(26)13-28-19(27)14-5-6-17(22-12-14)25-10-4-9-23-25/h4-6,9-10,12,15-16H,7-8,11,13H2,1-3H3,(H,24,26)/t15-,16+,21-/m0/s1. The van der Waals surface area contributed by atoms with Gasteiger partial charge in [-0.15, -0.1) is 0 Å². The van der Waals surface area contributed by atoms with Gasteiger partial charge in [0.25, 0.3) is 5.91 Å². The number of ether oxygens (including phenoxy) is 1. The lowest BCUT2D eigenvalue weighted by molar-refractivity contribution is -0.126. The Balaban J connectivity index is 1.31. The smallest absolute Gasteiger partial charge is 0.340 e. The minimum atomic E-state index is -0.561. The van der Waals surface area contributed by atoms with Gasteiger partial charge in [-0.3, -0.25) is 4.79 Å². The van der Waals surface area contributed by atoms with E-state index in [2.05, 4.69) is 36.2 Å². The predicted octanol–water partition coefficient (Wildman–Crippen LogP) is 2.76. The van der Waals surface area contributed by atoms with Crippen molar-refractivity contribution in [1.29, 1.82) is 0 Å². The maximum absolute atomic E-state index is 12.4. The van der Waals surface area contributed by atoms with E-state index in [9.17, 15) is 9.59 Å². The molecule has 2 fully saturated rings. The molecule has 0 spiro atoms. The van der Waals surface area contributed by atoms with Crippen molar-refractivity contribution < 1.29 is 14.3 Å². The number of nitrogens with zero attached hydrogens (tertiary/aromatic N) is 3. The van der Waals surface area contributed by atoms with E-state index in [-0.39, 0.29) is 29.4 Å². The third-order valence-corrected chi connectivity index (χ3v) is 7.19. The number of aromatic nitrogens is 3. The fraction of sp³-hybridized carbons (Fsp3) is 0.524. The van der Waals surface area contributed by atoms with Crippen LogP contribution in [0.2, 0.25) is 0 Å². The Morgan fingerprint density at radius 2 is 2.14 bits per heavy atom. The van der Waals surface area contributed by atoms with E-state index in [0.29, 0.717) is 17.3 Å². The fourth-order valence-electron chi connectivity index (χ4n) is 4.92. The highest BCUT2D eigenvalue weighted by molar-refractivity contribution is 5.91. The zero-order chi connectivity index (χ0) is 19.9. The second-order valence-electron chi connectivity index (χ2n) is 8.66. The lowest BCUT2D eigenvalue weighted by atomic mass is 9.69. The van der Waals surface area contributed by atoms with Crippen LogP contribution in [0, 0.1) is 16.7 Å². The third-order valence-electron chi connectivity index (χ3n) is 7.19. The second-order valence-corrected chi connectivity index (χ2v) is 8.66. The van der Waals surface area contributed by atoms with Crippen LogP contribution in [-0.4, -0.2) is 39.3 Å². The van der Waals surface area contributed by atoms with Crippen LogP contribution in [0.25, 0.3) is 5.82 Å². The summed E-state index contributed by atoms with van der Waals surface area (Å²) in [5.41, 5.74) is 0.629. The molecule has 0 aliphatic heterocycles. The van der Waals surface area contributed by atoms with Crippen LogP contribution in [0.3, 0.4) is 0 Å². The summed E-state index contributed by atoms with van der Waals surface area (Å²) < 4.78 is 6.78. The molecule has 2 bridgehead atoms. The van der Waals surface area contributed by atoms with Gasteiger partial charge in [0.1, 0.15) is 0 Å². The fourth-order valence-corrected chi connectivity index (χ4v) is 4.92. The van der Waals surface area contributed by atoms with Crippen LogP contribution in [0.15, 0.2) is 36.8 Å². The Bertz CT molecular complexity index is 876. The monoisotopic (exact) mass is 382 g/mol. The predicted molar refractivity (Wildman–Crippen MR) is 103 cm³/mol. The first-order valence-electron chi connectivity index (χ1n) is 9.74. The van der Waals surface area contributed by atoms with Gasteiger partial charge >= 0.3 is 5.97 Å². The summed E-state index contributed by atoms with van der Waals surface area (Å²) in [7, 11) is 0. The molecule has 0 saturated heterocycles. The maximum Gasteiger partial charge on any atom is 0.340 e. The van der Waals surface area contributed by atoms with Crippen LogP contribution in [0.4, 0.5) is 0 Å². The molecule has 7 nitrogen and oxygen atoms in total. The minimum absolute atomic E-state index is 0.101. The molecule has 2 saturated carbocycles. The van der Waals surface area contributed by atoms with Gasteiger partial charge in [0, 0.05) is 24.6 Å². The van der Waals surface area contributed by atoms with Crippen LogP contribution in [-0.2, 0) is 9.53 Å². The van der Waals surface area contributed by atoms with Crippen molar-refractivity contribution >= 4 is 11.9 Å². The number of carbonyl (C=O) groups excluding carboxylic acids is 2. The van der Waals surface area contributed by atoms with E-state index in [1.807, 2.05) is 0 Å². The van der Waals surface area contributed by atoms with Crippen molar-refractivity contribution in [3.8, 4) is 5.82 Å². The van der Waals surface area contributed by atoms with Gasteiger partial charge in [-0.25, -0.2) is 14.5 Å². The van der Waals surface area contributed by atoms with Crippen LogP contribution < -0.4 is 5.32 Å². The normalized spacial score (nSPS) is 27.5. The van der Waals surface area contributed by atoms with Gasteiger partial charge in [0.05, 0.1) is 5.56 Å². The van der Waals surface area contributed by atoms with Crippen molar-refractivity contribution in [3.05, 3.63) is 42.4 Å².